The van der Waals surface area contributed by atoms with Crippen LogP contribution in [0.2, 0.25) is 0 Å². The Kier molecular flexibility index (Phi) is 5.23. The molecule has 0 radical (unpaired) electrons. The second-order valence-corrected chi connectivity index (χ2v) is 5.31. The molecule has 0 spiro atoms. The summed E-state index contributed by atoms with van der Waals surface area (Å²) in [6.07, 6.45) is 0.930. The molecule has 0 saturated carbocycles. The van der Waals surface area contributed by atoms with E-state index in [1.54, 1.807) is 7.11 Å². The van der Waals surface area contributed by atoms with Gasteiger partial charge in [-0.2, -0.15) is 0 Å². The summed E-state index contributed by atoms with van der Waals surface area (Å²) in [6, 6.07) is 16.8. The summed E-state index contributed by atoms with van der Waals surface area (Å²) >= 11 is 0. The van der Waals surface area contributed by atoms with Crippen molar-refractivity contribution >= 4 is 5.69 Å². The van der Waals surface area contributed by atoms with E-state index >= 15 is 0 Å². The van der Waals surface area contributed by atoms with Crippen LogP contribution >= 0.6 is 0 Å². The first kappa shape index (κ1) is 15.4. The molecule has 0 amide bonds. The van der Waals surface area contributed by atoms with Gasteiger partial charge in [-0.25, -0.2) is 0 Å². The summed E-state index contributed by atoms with van der Waals surface area (Å²) in [5.41, 5.74) is 9.44. The largest absolute Gasteiger partial charge is 0.496 e. The molecule has 112 valence electrons. The number of benzene rings is 2. The van der Waals surface area contributed by atoms with E-state index in [1.807, 2.05) is 18.2 Å². The normalized spacial score (nSPS) is 12.0. The van der Waals surface area contributed by atoms with Gasteiger partial charge in [0.15, 0.2) is 0 Å². The lowest BCUT2D eigenvalue weighted by Gasteiger charge is -2.29. The fraction of sp³-hybridized carbons (Fsp3) is 0.333. The lowest BCUT2D eigenvalue weighted by atomic mass is 10.0. The Morgan fingerprint density at radius 2 is 1.67 bits per heavy atom. The summed E-state index contributed by atoms with van der Waals surface area (Å²) in [5.74, 6) is 0.949. The van der Waals surface area contributed by atoms with Crippen molar-refractivity contribution in [3.05, 3.63) is 59.7 Å². The highest BCUT2D eigenvalue weighted by atomic mass is 16.5. The molecule has 0 fully saturated rings. The molecule has 0 aromatic heterocycles. The molecule has 0 saturated heterocycles. The van der Waals surface area contributed by atoms with Gasteiger partial charge in [0.2, 0.25) is 0 Å². The zero-order chi connectivity index (χ0) is 15.2. The van der Waals surface area contributed by atoms with Gasteiger partial charge in [-0.15, -0.1) is 0 Å². The van der Waals surface area contributed by atoms with E-state index in [0.717, 1.165) is 12.2 Å². The highest BCUT2D eigenvalue weighted by molar-refractivity contribution is 5.54. The van der Waals surface area contributed by atoms with Gasteiger partial charge in [0, 0.05) is 25.3 Å². The molecule has 3 heteroatoms. The van der Waals surface area contributed by atoms with Gasteiger partial charge in [0.25, 0.3) is 0 Å². The lowest BCUT2D eigenvalue weighted by molar-refractivity contribution is 0.408. The predicted octanol–water partition coefficient (Wildman–Crippen LogP) is 3.22. The van der Waals surface area contributed by atoms with Gasteiger partial charge in [0.05, 0.1) is 7.11 Å². The second kappa shape index (κ2) is 7.14. The fourth-order valence-corrected chi connectivity index (χ4v) is 2.59. The van der Waals surface area contributed by atoms with Gasteiger partial charge in [-0.1, -0.05) is 36.4 Å². The topological polar surface area (TPSA) is 38.5 Å². The molecular weight excluding hydrogens is 260 g/mol. The van der Waals surface area contributed by atoms with Gasteiger partial charge in [0.1, 0.15) is 5.75 Å². The van der Waals surface area contributed by atoms with Crippen molar-refractivity contribution < 1.29 is 4.74 Å². The molecule has 3 nitrogen and oxygen atoms in total. The van der Waals surface area contributed by atoms with Crippen molar-refractivity contribution in [2.75, 3.05) is 19.1 Å². The van der Waals surface area contributed by atoms with E-state index in [4.69, 9.17) is 10.5 Å². The van der Waals surface area contributed by atoms with Crippen LogP contribution in [-0.2, 0) is 13.0 Å². The smallest absolute Gasteiger partial charge is 0.122 e. The summed E-state index contributed by atoms with van der Waals surface area (Å²) in [6.45, 7) is 2.78. The molecule has 0 aliphatic carbocycles. The number of hydrogen-bond acceptors (Lipinski definition) is 3. The van der Waals surface area contributed by atoms with Crippen LogP contribution in [-0.4, -0.2) is 20.2 Å². The van der Waals surface area contributed by atoms with Gasteiger partial charge in [-0.05, 0) is 36.6 Å². The van der Waals surface area contributed by atoms with Crippen molar-refractivity contribution in [1.82, 2.24) is 0 Å². The van der Waals surface area contributed by atoms with Crippen LogP contribution in [0.15, 0.2) is 48.5 Å². The number of para-hydroxylation sites is 2. The molecule has 2 aromatic carbocycles. The van der Waals surface area contributed by atoms with E-state index in [9.17, 15) is 0 Å². The number of anilines is 1. The molecule has 0 heterocycles. The SMILES string of the molecule is COc1ccccc1CC(C)N(C)c1ccccc1CN. The van der Waals surface area contributed by atoms with Gasteiger partial charge in [-0.3, -0.25) is 0 Å². The van der Waals surface area contributed by atoms with Crippen LogP contribution < -0.4 is 15.4 Å². The first-order valence-corrected chi connectivity index (χ1v) is 7.30. The Hall–Kier alpha value is -2.00. The Morgan fingerprint density at radius 3 is 2.33 bits per heavy atom. The van der Waals surface area contributed by atoms with E-state index < -0.39 is 0 Å². The van der Waals surface area contributed by atoms with Crippen molar-refractivity contribution in [3.8, 4) is 5.75 Å². The highest BCUT2D eigenvalue weighted by Crippen LogP contribution is 2.25. The van der Waals surface area contributed by atoms with Crippen molar-refractivity contribution in [3.63, 3.8) is 0 Å². The van der Waals surface area contributed by atoms with Crippen LogP contribution in [0.5, 0.6) is 5.75 Å². The Balaban J connectivity index is 2.17. The average molecular weight is 284 g/mol. The molecule has 21 heavy (non-hydrogen) atoms. The first-order chi connectivity index (χ1) is 10.2. The quantitative estimate of drug-likeness (QED) is 0.885. The second-order valence-electron chi connectivity index (χ2n) is 5.31. The number of ether oxygens (including phenoxy) is 1. The number of nitrogens with two attached hydrogens (primary N) is 1. The van der Waals surface area contributed by atoms with E-state index in [1.165, 1.54) is 16.8 Å². The zero-order valence-corrected chi connectivity index (χ0v) is 13.0. The third kappa shape index (κ3) is 3.56. The Morgan fingerprint density at radius 1 is 1.05 bits per heavy atom. The maximum absolute atomic E-state index is 5.84. The van der Waals surface area contributed by atoms with Crippen LogP contribution in [0.1, 0.15) is 18.1 Å². The molecule has 0 aliphatic heterocycles. The fourth-order valence-electron chi connectivity index (χ4n) is 2.59. The van der Waals surface area contributed by atoms with Gasteiger partial charge >= 0.3 is 0 Å². The molecule has 0 aliphatic rings. The minimum atomic E-state index is 0.356. The zero-order valence-electron chi connectivity index (χ0n) is 13.0. The number of likely N-dealkylation sites (N-methyl/N-ethyl adjacent to an activating group) is 1. The maximum atomic E-state index is 5.84. The van der Waals surface area contributed by atoms with E-state index in [0.29, 0.717) is 12.6 Å². The monoisotopic (exact) mass is 284 g/mol. The number of rotatable bonds is 6. The number of nitrogens with zero attached hydrogens (tertiary/aromatic N) is 1. The summed E-state index contributed by atoms with van der Waals surface area (Å²) < 4.78 is 5.44. The summed E-state index contributed by atoms with van der Waals surface area (Å²) in [4.78, 5) is 2.29. The molecule has 2 aromatic rings. The van der Waals surface area contributed by atoms with Crippen LogP contribution in [0.25, 0.3) is 0 Å². The summed E-state index contributed by atoms with van der Waals surface area (Å²) in [7, 11) is 3.84. The minimum Gasteiger partial charge on any atom is -0.496 e. The lowest BCUT2D eigenvalue weighted by Crippen LogP contribution is -2.31. The molecule has 1 unspecified atom stereocenters. The first-order valence-electron chi connectivity index (χ1n) is 7.30. The van der Waals surface area contributed by atoms with Crippen molar-refractivity contribution in [2.24, 2.45) is 5.73 Å². The molecular formula is C18H24N2O. The predicted molar refractivity (Wildman–Crippen MR) is 88.9 cm³/mol. The highest BCUT2D eigenvalue weighted by Gasteiger charge is 2.15. The Bertz CT molecular complexity index is 583. The van der Waals surface area contributed by atoms with E-state index in [-0.39, 0.29) is 0 Å². The number of hydrogen-bond donors (Lipinski definition) is 1. The maximum Gasteiger partial charge on any atom is 0.122 e. The van der Waals surface area contributed by atoms with Crippen LogP contribution in [0, 0.1) is 0 Å². The Labute approximate surface area is 127 Å². The number of methoxy groups -OCH3 is 1. The third-order valence-corrected chi connectivity index (χ3v) is 3.96. The standard InChI is InChI=1S/C18H24N2O/c1-14(12-15-8-5-7-11-18(15)21-3)20(2)17-10-6-4-9-16(17)13-19/h4-11,14H,12-13,19H2,1-3H3. The molecule has 0 bridgehead atoms. The molecule has 2 N–H and O–H groups in total. The van der Waals surface area contributed by atoms with Crippen LogP contribution in [0.4, 0.5) is 5.69 Å². The third-order valence-electron chi connectivity index (χ3n) is 3.96. The van der Waals surface area contributed by atoms with Crippen molar-refractivity contribution in [2.45, 2.75) is 25.9 Å². The summed E-state index contributed by atoms with van der Waals surface area (Å²) in [5, 5.41) is 0. The average Bonchev–Trinajstić information content (AvgIpc) is 2.54. The van der Waals surface area contributed by atoms with E-state index in [2.05, 4.69) is 49.2 Å². The van der Waals surface area contributed by atoms with Crippen molar-refractivity contribution in [1.29, 1.82) is 0 Å². The van der Waals surface area contributed by atoms with Crippen LogP contribution in [0.3, 0.4) is 0 Å². The minimum absolute atomic E-state index is 0.356. The molecule has 1 atom stereocenters. The van der Waals surface area contributed by atoms with Gasteiger partial charge < -0.3 is 15.4 Å². The molecule has 2 rings (SSSR count).